The Bertz CT molecular complexity index is 434. The van der Waals surface area contributed by atoms with E-state index in [-0.39, 0.29) is 0 Å². The zero-order valence-electron chi connectivity index (χ0n) is 9.12. The van der Waals surface area contributed by atoms with E-state index in [1.807, 2.05) is 18.2 Å². The fourth-order valence-electron chi connectivity index (χ4n) is 2.12. The topological polar surface area (TPSA) is 20.2 Å². The first kappa shape index (κ1) is 11.4. The lowest BCUT2D eigenvalue weighted by Crippen LogP contribution is -2.14. The van der Waals surface area contributed by atoms with Crippen LogP contribution in [-0.2, 0) is 6.42 Å². The zero-order chi connectivity index (χ0) is 11.5. The lowest BCUT2D eigenvalue weighted by atomic mass is 9.88. The van der Waals surface area contributed by atoms with E-state index in [2.05, 4.69) is 12.6 Å². The van der Waals surface area contributed by atoms with Crippen molar-refractivity contribution in [3.63, 3.8) is 0 Å². The molecule has 0 heterocycles. The summed E-state index contributed by atoms with van der Waals surface area (Å²) >= 11 is 6.33. The highest BCUT2D eigenvalue weighted by molar-refractivity contribution is 6.49. The van der Waals surface area contributed by atoms with Gasteiger partial charge in [-0.05, 0) is 36.0 Å². The fourth-order valence-corrected chi connectivity index (χ4v) is 2.52. The predicted octanol–water partition coefficient (Wildman–Crippen LogP) is 3.52. The molecule has 0 aromatic heterocycles. The number of aliphatic hydroxyl groups excluding tert-OH is 1. The number of hydrogen-bond acceptors (Lipinski definition) is 1. The van der Waals surface area contributed by atoms with E-state index in [1.165, 1.54) is 5.56 Å². The summed E-state index contributed by atoms with van der Waals surface area (Å²) < 4.78 is 0. The Kier molecular flexibility index (Phi) is 3.47. The molecule has 0 saturated heterocycles. The molecule has 2 heteroatoms. The van der Waals surface area contributed by atoms with Crippen molar-refractivity contribution < 1.29 is 5.11 Å². The number of hydrogen-bond donors (Lipinski definition) is 1. The molecule has 0 amide bonds. The fraction of sp³-hybridized carbons (Fsp3) is 0.286. The van der Waals surface area contributed by atoms with Crippen LogP contribution in [0, 0.1) is 0 Å². The van der Waals surface area contributed by atoms with Gasteiger partial charge < -0.3 is 5.11 Å². The van der Waals surface area contributed by atoms with Crippen LogP contribution in [0.25, 0.3) is 5.03 Å². The molecule has 1 N–H and O–H groups in total. The summed E-state index contributed by atoms with van der Waals surface area (Å²) in [6.07, 6.45) is 3.59. The third kappa shape index (κ3) is 2.06. The van der Waals surface area contributed by atoms with E-state index in [1.54, 1.807) is 6.08 Å². The maximum absolute atomic E-state index is 9.96. The summed E-state index contributed by atoms with van der Waals surface area (Å²) in [5, 5.41) is 10.7. The van der Waals surface area contributed by atoms with E-state index < -0.39 is 6.10 Å². The van der Waals surface area contributed by atoms with Crippen molar-refractivity contribution >= 4 is 16.6 Å². The smallest absolute Gasteiger partial charge is 0.0802 e. The van der Waals surface area contributed by atoms with Gasteiger partial charge in [0.2, 0.25) is 0 Å². The second-order valence-corrected chi connectivity index (χ2v) is 4.41. The number of aryl methyl sites for hydroxylation is 1. The Morgan fingerprint density at radius 2 is 2.12 bits per heavy atom. The van der Waals surface area contributed by atoms with Gasteiger partial charge in [-0.2, -0.15) is 0 Å². The zero-order valence-corrected chi connectivity index (χ0v) is 9.87. The van der Waals surface area contributed by atoms with Crippen molar-refractivity contribution in [2.24, 2.45) is 0 Å². The highest BCUT2D eigenvalue weighted by atomic mass is 35.5. The molecule has 2 rings (SSSR count). The van der Waals surface area contributed by atoms with Crippen LogP contribution in [0.15, 0.2) is 42.5 Å². The van der Waals surface area contributed by atoms with Crippen LogP contribution in [0.1, 0.15) is 24.0 Å². The Balaban J connectivity index is 2.38. The molecule has 0 spiro atoms. The average molecular weight is 235 g/mol. The van der Waals surface area contributed by atoms with Gasteiger partial charge in [0, 0.05) is 5.03 Å². The predicted molar refractivity (Wildman–Crippen MR) is 68.4 cm³/mol. The third-order valence-corrected chi connectivity index (χ3v) is 3.44. The van der Waals surface area contributed by atoms with Crippen LogP contribution < -0.4 is 0 Å². The van der Waals surface area contributed by atoms with Gasteiger partial charge in [0.15, 0.2) is 0 Å². The first-order valence-corrected chi connectivity index (χ1v) is 5.87. The first-order valence-electron chi connectivity index (χ1n) is 5.50. The van der Waals surface area contributed by atoms with Gasteiger partial charge in [-0.3, -0.25) is 0 Å². The molecule has 1 aromatic rings. The maximum Gasteiger partial charge on any atom is 0.0802 e. The molecule has 1 aromatic carbocycles. The van der Waals surface area contributed by atoms with E-state index >= 15 is 0 Å². The Hall–Kier alpha value is -1.05. The molecule has 0 fully saturated rings. The summed E-state index contributed by atoms with van der Waals surface area (Å²) in [6, 6.07) is 8.10. The van der Waals surface area contributed by atoms with Gasteiger partial charge in [0.25, 0.3) is 0 Å². The van der Waals surface area contributed by atoms with Crippen molar-refractivity contribution in [2.75, 3.05) is 0 Å². The molecule has 1 atom stereocenters. The Labute approximate surface area is 101 Å². The minimum atomic E-state index is -0.488. The SMILES string of the molecule is C=CCC(O)C1=C(Cl)c2ccccc2CC1. The van der Waals surface area contributed by atoms with Gasteiger partial charge in [0.05, 0.1) is 6.10 Å². The minimum Gasteiger partial charge on any atom is -0.388 e. The van der Waals surface area contributed by atoms with E-state index in [4.69, 9.17) is 11.6 Å². The minimum absolute atomic E-state index is 0.488. The normalized spacial score (nSPS) is 16.9. The van der Waals surface area contributed by atoms with Crippen molar-refractivity contribution in [1.82, 2.24) is 0 Å². The Morgan fingerprint density at radius 1 is 1.38 bits per heavy atom. The molecular formula is C14H15ClO. The number of halogens is 1. The van der Waals surface area contributed by atoms with Gasteiger partial charge in [0.1, 0.15) is 0 Å². The molecule has 0 radical (unpaired) electrons. The van der Waals surface area contributed by atoms with Crippen molar-refractivity contribution in [3.05, 3.63) is 53.6 Å². The van der Waals surface area contributed by atoms with Crippen molar-refractivity contribution in [1.29, 1.82) is 0 Å². The number of fused-ring (bicyclic) bond motifs is 1. The number of benzene rings is 1. The molecule has 1 unspecified atom stereocenters. The highest BCUT2D eigenvalue weighted by Gasteiger charge is 2.21. The largest absolute Gasteiger partial charge is 0.388 e. The van der Waals surface area contributed by atoms with E-state index in [9.17, 15) is 5.11 Å². The van der Waals surface area contributed by atoms with E-state index in [0.717, 1.165) is 29.0 Å². The molecule has 84 valence electrons. The van der Waals surface area contributed by atoms with Crippen molar-refractivity contribution in [2.45, 2.75) is 25.4 Å². The standard InChI is InChI=1S/C14H15ClO/c1-2-5-13(16)12-9-8-10-6-3-4-7-11(10)14(12)15/h2-4,6-7,13,16H,1,5,8-9H2. The molecule has 1 nitrogen and oxygen atoms in total. The van der Waals surface area contributed by atoms with Crippen molar-refractivity contribution in [3.8, 4) is 0 Å². The van der Waals surface area contributed by atoms with Crippen LogP contribution in [-0.4, -0.2) is 11.2 Å². The van der Waals surface area contributed by atoms with Crippen LogP contribution in [0.4, 0.5) is 0 Å². The Morgan fingerprint density at radius 3 is 2.88 bits per heavy atom. The molecule has 16 heavy (non-hydrogen) atoms. The summed E-state index contributed by atoms with van der Waals surface area (Å²) in [6.45, 7) is 3.64. The quantitative estimate of drug-likeness (QED) is 0.794. The molecule has 0 aliphatic heterocycles. The second kappa shape index (κ2) is 4.86. The lowest BCUT2D eigenvalue weighted by Gasteiger charge is -2.22. The summed E-state index contributed by atoms with van der Waals surface area (Å²) in [7, 11) is 0. The molecular weight excluding hydrogens is 220 g/mol. The molecule has 1 aliphatic carbocycles. The highest BCUT2D eigenvalue weighted by Crippen LogP contribution is 2.35. The maximum atomic E-state index is 9.96. The van der Waals surface area contributed by atoms with Gasteiger partial charge >= 0.3 is 0 Å². The van der Waals surface area contributed by atoms with E-state index in [0.29, 0.717) is 6.42 Å². The van der Waals surface area contributed by atoms with Crippen LogP contribution in [0.5, 0.6) is 0 Å². The summed E-state index contributed by atoms with van der Waals surface area (Å²) in [5.41, 5.74) is 3.27. The average Bonchev–Trinajstić information content (AvgIpc) is 2.30. The first-order chi connectivity index (χ1) is 7.74. The monoisotopic (exact) mass is 234 g/mol. The molecule has 0 saturated carbocycles. The lowest BCUT2D eigenvalue weighted by molar-refractivity contribution is 0.211. The van der Waals surface area contributed by atoms with Gasteiger partial charge in [-0.25, -0.2) is 0 Å². The number of rotatable bonds is 3. The van der Waals surface area contributed by atoms with Crippen LogP contribution in [0.3, 0.4) is 0 Å². The second-order valence-electron chi connectivity index (χ2n) is 4.04. The number of aliphatic hydroxyl groups is 1. The molecule has 0 bridgehead atoms. The van der Waals surface area contributed by atoms with Crippen LogP contribution in [0.2, 0.25) is 0 Å². The van der Waals surface area contributed by atoms with Gasteiger partial charge in [-0.1, -0.05) is 41.9 Å². The van der Waals surface area contributed by atoms with Crippen LogP contribution >= 0.6 is 11.6 Å². The van der Waals surface area contributed by atoms with Gasteiger partial charge in [-0.15, -0.1) is 6.58 Å². The summed E-state index contributed by atoms with van der Waals surface area (Å²) in [5.74, 6) is 0. The summed E-state index contributed by atoms with van der Waals surface area (Å²) in [4.78, 5) is 0. The molecule has 1 aliphatic rings. The third-order valence-electron chi connectivity index (χ3n) is 2.99.